The molecule has 0 spiro atoms. The predicted molar refractivity (Wildman–Crippen MR) is 58.6 cm³/mol. The molecular weight excluding hydrogens is 212 g/mol. The fourth-order valence-electron chi connectivity index (χ4n) is 1.15. The minimum Gasteiger partial charge on any atom is -0.389 e. The van der Waals surface area contributed by atoms with Gasteiger partial charge in [0.25, 0.3) is 0 Å². The summed E-state index contributed by atoms with van der Waals surface area (Å²) in [5.74, 6) is 0. The zero-order valence-electron chi connectivity index (χ0n) is 8.56. The van der Waals surface area contributed by atoms with Crippen molar-refractivity contribution in [1.82, 2.24) is 5.32 Å². The number of aliphatic hydroxyl groups is 1. The van der Waals surface area contributed by atoms with Gasteiger partial charge in [0.05, 0.1) is 18.3 Å². The number of thiophene rings is 1. The smallest absolute Gasteiger partial charge is 0.100 e. The van der Waals surface area contributed by atoms with Crippen LogP contribution in [0, 0.1) is 11.3 Å². The van der Waals surface area contributed by atoms with Gasteiger partial charge in [0, 0.05) is 30.5 Å². The molecule has 1 heterocycles. The minimum absolute atomic E-state index is 0.334. The Balaban J connectivity index is 2.23. The number of hydrogen-bond acceptors (Lipinski definition) is 5. The van der Waals surface area contributed by atoms with Crippen LogP contribution in [0.1, 0.15) is 10.4 Å². The van der Waals surface area contributed by atoms with E-state index in [9.17, 15) is 5.11 Å². The third-order valence-corrected chi connectivity index (χ3v) is 2.76. The molecule has 2 N–H and O–H groups in total. The molecule has 0 aromatic carbocycles. The third kappa shape index (κ3) is 4.40. The average molecular weight is 226 g/mol. The van der Waals surface area contributed by atoms with E-state index in [1.807, 2.05) is 11.4 Å². The van der Waals surface area contributed by atoms with E-state index in [1.54, 1.807) is 18.4 Å². The zero-order chi connectivity index (χ0) is 11.1. The molecule has 82 valence electrons. The molecule has 0 fully saturated rings. The molecule has 0 amide bonds. The monoisotopic (exact) mass is 226 g/mol. The van der Waals surface area contributed by atoms with E-state index in [1.165, 1.54) is 0 Å². The van der Waals surface area contributed by atoms with Gasteiger partial charge >= 0.3 is 0 Å². The molecule has 5 heteroatoms. The summed E-state index contributed by atoms with van der Waals surface area (Å²) in [6.07, 6.45) is -0.481. The number of aliphatic hydroxyl groups excluding tert-OH is 1. The maximum atomic E-state index is 9.34. The van der Waals surface area contributed by atoms with Crippen LogP contribution in [0.2, 0.25) is 0 Å². The molecule has 0 aliphatic heterocycles. The van der Waals surface area contributed by atoms with Crippen LogP contribution in [-0.4, -0.2) is 31.5 Å². The number of nitrogens with zero attached hydrogens (tertiary/aromatic N) is 1. The van der Waals surface area contributed by atoms with Crippen molar-refractivity contribution in [1.29, 1.82) is 5.26 Å². The van der Waals surface area contributed by atoms with Gasteiger partial charge in [-0.05, 0) is 6.07 Å². The topological polar surface area (TPSA) is 65.3 Å². The van der Waals surface area contributed by atoms with Crippen LogP contribution in [0.4, 0.5) is 0 Å². The molecule has 1 rings (SSSR count). The lowest BCUT2D eigenvalue weighted by atomic mass is 10.3. The van der Waals surface area contributed by atoms with Crippen molar-refractivity contribution in [2.75, 3.05) is 20.3 Å². The lowest BCUT2D eigenvalue weighted by Gasteiger charge is -2.09. The summed E-state index contributed by atoms with van der Waals surface area (Å²) in [4.78, 5) is 1.09. The van der Waals surface area contributed by atoms with E-state index >= 15 is 0 Å². The minimum atomic E-state index is -0.481. The molecule has 0 radical (unpaired) electrons. The second-order valence-corrected chi connectivity index (χ2v) is 4.15. The lowest BCUT2D eigenvalue weighted by Crippen LogP contribution is -2.29. The molecule has 0 saturated carbocycles. The maximum absolute atomic E-state index is 9.34. The standard InChI is InChI=1S/C10H14N2O2S/c1-14-6-9(13)4-12-5-10-2-8(3-11)7-15-10/h2,7,9,12-13H,4-6H2,1H3. The first kappa shape index (κ1) is 12.1. The van der Waals surface area contributed by atoms with Gasteiger partial charge in [-0.2, -0.15) is 5.26 Å². The first-order valence-corrected chi connectivity index (χ1v) is 5.49. The Hall–Kier alpha value is -0.930. The van der Waals surface area contributed by atoms with Crippen molar-refractivity contribution in [3.05, 3.63) is 21.9 Å². The lowest BCUT2D eigenvalue weighted by molar-refractivity contribution is 0.0644. The van der Waals surface area contributed by atoms with Gasteiger partial charge < -0.3 is 15.2 Å². The van der Waals surface area contributed by atoms with Gasteiger partial charge in [-0.25, -0.2) is 0 Å². The molecule has 0 aliphatic rings. The van der Waals surface area contributed by atoms with E-state index in [2.05, 4.69) is 11.4 Å². The van der Waals surface area contributed by atoms with Crippen molar-refractivity contribution in [3.63, 3.8) is 0 Å². The van der Waals surface area contributed by atoms with E-state index < -0.39 is 6.10 Å². The molecule has 0 bridgehead atoms. The number of methoxy groups -OCH3 is 1. The van der Waals surface area contributed by atoms with Crippen molar-refractivity contribution in [3.8, 4) is 6.07 Å². The Morgan fingerprint density at radius 3 is 3.13 bits per heavy atom. The Labute approximate surface area is 93.1 Å². The van der Waals surface area contributed by atoms with E-state index in [0.717, 1.165) is 4.88 Å². The van der Waals surface area contributed by atoms with Gasteiger partial charge in [-0.3, -0.25) is 0 Å². The number of rotatable bonds is 6. The van der Waals surface area contributed by atoms with Gasteiger partial charge in [0.15, 0.2) is 0 Å². The van der Waals surface area contributed by atoms with E-state index in [-0.39, 0.29) is 0 Å². The van der Waals surface area contributed by atoms with Crippen LogP contribution in [-0.2, 0) is 11.3 Å². The predicted octanol–water partition coefficient (Wildman–Crippen LogP) is 0.717. The molecule has 0 saturated heterocycles. The number of hydrogen-bond donors (Lipinski definition) is 2. The quantitative estimate of drug-likeness (QED) is 0.750. The molecule has 1 atom stereocenters. The van der Waals surface area contributed by atoms with Gasteiger partial charge in [0.2, 0.25) is 0 Å². The highest BCUT2D eigenvalue weighted by Gasteiger charge is 2.03. The van der Waals surface area contributed by atoms with Crippen LogP contribution < -0.4 is 5.32 Å². The first-order chi connectivity index (χ1) is 7.26. The van der Waals surface area contributed by atoms with Gasteiger partial charge in [-0.1, -0.05) is 0 Å². The highest BCUT2D eigenvalue weighted by atomic mass is 32.1. The highest BCUT2D eigenvalue weighted by molar-refractivity contribution is 7.10. The SMILES string of the molecule is COCC(O)CNCc1cc(C#N)cs1. The summed E-state index contributed by atoms with van der Waals surface area (Å²) < 4.78 is 4.80. The molecule has 4 nitrogen and oxygen atoms in total. The van der Waals surface area contributed by atoms with Crippen molar-refractivity contribution in [2.45, 2.75) is 12.6 Å². The largest absolute Gasteiger partial charge is 0.389 e. The van der Waals surface area contributed by atoms with Crippen molar-refractivity contribution < 1.29 is 9.84 Å². The van der Waals surface area contributed by atoms with Crippen LogP contribution in [0.25, 0.3) is 0 Å². The van der Waals surface area contributed by atoms with Crippen molar-refractivity contribution in [2.24, 2.45) is 0 Å². The molecular formula is C10H14N2O2S. The average Bonchev–Trinajstić information content (AvgIpc) is 2.66. The van der Waals surface area contributed by atoms with Crippen LogP contribution in [0.3, 0.4) is 0 Å². The maximum Gasteiger partial charge on any atom is 0.100 e. The Kier molecular flexibility index (Phi) is 5.29. The summed E-state index contributed by atoms with van der Waals surface area (Å²) in [7, 11) is 1.56. The number of nitriles is 1. The molecule has 1 unspecified atom stereocenters. The van der Waals surface area contributed by atoms with Crippen LogP contribution in [0.15, 0.2) is 11.4 Å². The third-order valence-electron chi connectivity index (χ3n) is 1.82. The molecule has 1 aromatic rings. The summed E-state index contributed by atoms with van der Waals surface area (Å²) in [5, 5.41) is 22.9. The molecule has 0 aliphatic carbocycles. The van der Waals surface area contributed by atoms with E-state index in [0.29, 0.717) is 25.3 Å². The van der Waals surface area contributed by atoms with Gasteiger partial charge in [-0.15, -0.1) is 11.3 Å². The summed E-state index contributed by atoms with van der Waals surface area (Å²) in [6, 6.07) is 3.93. The second kappa shape index (κ2) is 6.53. The molecule has 15 heavy (non-hydrogen) atoms. The number of ether oxygens (including phenoxy) is 1. The fourth-order valence-corrected chi connectivity index (χ4v) is 1.92. The van der Waals surface area contributed by atoms with Gasteiger partial charge in [0.1, 0.15) is 6.07 Å². The van der Waals surface area contributed by atoms with Crippen LogP contribution >= 0.6 is 11.3 Å². The summed E-state index contributed by atoms with van der Waals surface area (Å²) in [5.41, 5.74) is 0.689. The first-order valence-electron chi connectivity index (χ1n) is 4.61. The Bertz CT molecular complexity index is 332. The fraction of sp³-hybridized carbons (Fsp3) is 0.500. The molecule has 1 aromatic heterocycles. The summed E-state index contributed by atoms with van der Waals surface area (Å²) in [6.45, 7) is 1.50. The normalized spacial score (nSPS) is 12.3. The Morgan fingerprint density at radius 1 is 1.73 bits per heavy atom. The van der Waals surface area contributed by atoms with Crippen molar-refractivity contribution >= 4 is 11.3 Å². The Morgan fingerprint density at radius 2 is 2.53 bits per heavy atom. The van der Waals surface area contributed by atoms with E-state index in [4.69, 9.17) is 10.00 Å². The number of nitrogens with one attached hydrogen (secondary N) is 1. The van der Waals surface area contributed by atoms with Crippen LogP contribution in [0.5, 0.6) is 0 Å². The second-order valence-electron chi connectivity index (χ2n) is 3.15. The summed E-state index contributed by atoms with van der Waals surface area (Å²) >= 11 is 1.54. The zero-order valence-corrected chi connectivity index (χ0v) is 9.38. The highest BCUT2D eigenvalue weighted by Crippen LogP contribution is 2.13.